The van der Waals surface area contributed by atoms with Crippen LogP contribution in [0.3, 0.4) is 0 Å². The number of aryl methyl sites for hydroxylation is 1. The molecule has 0 bridgehead atoms. The largest absolute Gasteiger partial charge is 0.494 e. The SMILES string of the molecule is COc1ccc(N(C)C(=O)c2cc(C)nc(-c3ccc(Cl)cc3)n2)cc1F. The molecule has 1 aromatic heterocycles. The number of aromatic nitrogens is 2. The van der Waals surface area contributed by atoms with Gasteiger partial charge in [-0.15, -0.1) is 0 Å². The molecule has 5 nitrogen and oxygen atoms in total. The maximum atomic E-state index is 14.0. The van der Waals surface area contributed by atoms with Crippen LogP contribution >= 0.6 is 11.6 Å². The zero-order chi connectivity index (χ0) is 19.6. The Morgan fingerprint density at radius 1 is 1.11 bits per heavy atom. The lowest BCUT2D eigenvalue weighted by Crippen LogP contribution is -2.27. The second-order valence-electron chi connectivity index (χ2n) is 5.91. The average Bonchev–Trinajstić information content (AvgIpc) is 2.66. The molecule has 0 aliphatic carbocycles. The molecule has 138 valence electrons. The number of hydrogen-bond acceptors (Lipinski definition) is 4. The van der Waals surface area contributed by atoms with Gasteiger partial charge in [-0.25, -0.2) is 14.4 Å². The van der Waals surface area contributed by atoms with Gasteiger partial charge in [0, 0.05) is 35.1 Å². The highest BCUT2D eigenvalue weighted by molar-refractivity contribution is 6.30. The lowest BCUT2D eigenvalue weighted by Gasteiger charge is -2.18. The Kier molecular flexibility index (Phi) is 5.37. The van der Waals surface area contributed by atoms with Crippen LogP contribution in [0.5, 0.6) is 5.75 Å². The number of amides is 1. The summed E-state index contributed by atoms with van der Waals surface area (Å²) in [5, 5.41) is 0.601. The summed E-state index contributed by atoms with van der Waals surface area (Å²) in [5.74, 6) is -0.387. The van der Waals surface area contributed by atoms with Gasteiger partial charge < -0.3 is 9.64 Å². The van der Waals surface area contributed by atoms with Crippen LogP contribution in [0.4, 0.5) is 10.1 Å². The predicted octanol–water partition coefficient (Wildman–Crippen LogP) is 4.53. The van der Waals surface area contributed by atoms with Gasteiger partial charge in [0.1, 0.15) is 5.69 Å². The van der Waals surface area contributed by atoms with Gasteiger partial charge in [0.25, 0.3) is 5.91 Å². The van der Waals surface area contributed by atoms with Gasteiger partial charge >= 0.3 is 0 Å². The Morgan fingerprint density at radius 3 is 2.44 bits per heavy atom. The summed E-state index contributed by atoms with van der Waals surface area (Å²) in [4.78, 5) is 22.9. The molecule has 3 rings (SSSR count). The predicted molar refractivity (Wildman–Crippen MR) is 103 cm³/mol. The molecular formula is C20H17ClFN3O2. The van der Waals surface area contributed by atoms with E-state index in [9.17, 15) is 9.18 Å². The first kappa shape index (κ1) is 18.8. The van der Waals surface area contributed by atoms with Crippen LogP contribution in [0.25, 0.3) is 11.4 Å². The van der Waals surface area contributed by atoms with Crippen LogP contribution in [0.2, 0.25) is 5.02 Å². The van der Waals surface area contributed by atoms with Gasteiger partial charge in [0.15, 0.2) is 17.4 Å². The first-order valence-electron chi connectivity index (χ1n) is 8.12. The van der Waals surface area contributed by atoms with E-state index in [0.29, 0.717) is 22.2 Å². The second-order valence-corrected chi connectivity index (χ2v) is 6.34. The van der Waals surface area contributed by atoms with Crippen molar-refractivity contribution in [1.29, 1.82) is 0 Å². The van der Waals surface area contributed by atoms with Crippen molar-refractivity contribution in [2.75, 3.05) is 19.1 Å². The standard InChI is InChI=1S/C20H17ClFN3O2/c1-12-10-17(24-19(23-12)13-4-6-14(21)7-5-13)20(26)25(2)15-8-9-18(27-3)16(22)11-15/h4-11H,1-3H3. The highest BCUT2D eigenvalue weighted by Gasteiger charge is 2.18. The summed E-state index contributed by atoms with van der Waals surface area (Å²) >= 11 is 5.91. The van der Waals surface area contributed by atoms with Gasteiger partial charge in [0.2, 0.25) is 0 Å². The summed E-state index contributed by atoms with van der Waals surface area (Å²) in [6.45, 7) is 1.78. The fourth-order valence-corrected chi connectivity index (χ4v) is 2.69. The van der Waals surface area contributed by atoms with Crippen LogP contribution in [0, 0.1) is 12.7 Å². The van der Waals surface area contributed by atoms with Crippen LogP contribution in [0.15, 0.2) is 48.5 Å². The zero-order valence-electron chi connectivity index (χ0n) is 15.0. The van der Waals surface area contributed by atoms with Crippen molar-refractivity contribution in [2.45, 2.75) is 6.92 Å². The third-order valence-electron chi connectivity index (χ3n) is 4.00. The molecule has 0 saturated carbocycles. The molecule has 0 fully saturated rings. The Labute approximate surface area is 161 Å². The zero-order valence-corrected chi connectivity index (χ0v) is 15.8. The number of nitrogens with zero attached hydrogens (tertiary/aromatic N) is 3. The van der Waals surface area contributed by atoms with Crippen molar-refractivity contribution < 1.29 is 13.9 Å². The van der Waals surface area contributed by atoms with Crippen molar-refractivity contribution in [3.05, 3.63) is 70.8 Å². The van der Waals surface area contributed by atoms with Gasteiger partial charge in [-0.3, -0.25) is 4.79 Å². The van der Waals surface area contributed by atoms with E-state index >= 15 is 0 Å². The average molecular weight is 386 g/mol. The minimum absolute atomic E-state index is 0.113. The topological polar surface area (TPSA) is 55.3 Å². The van der Waals surface area contributed by atoms with E-state index < -0.39 is 5.82 Å². The van der Waals surface area contributed by atoms with E-state index in [-0.39, 0.29) is 17.4 Å². The van der Waals surface area contributed by atoms with Crippen molar-refractivity contribution in [2.24, 2.45) is 0 Å². The van der Waals surface area contributed by atoms with Crippen molar-refractivity contribution in [3.8, 4) is 17.1 Å². The number of anilines is 1. The first-order valence-corrected chi connectivity index (χ1v) is 8.50. The number of hydrogen-bond donors (Lipinski definition) is 0. The van der Waals surface area contributed by atoms with E-state index in [1.807, 2.05) is 0 Å². The molecular weight excluding hydrogens is 369 g/mol. The van der Waals surface area contributed by atoms with E-state index in [1.165, 1.54) is 24.1 Å². The van der Waals surface area contributed by atoms with Crippen LogP contribution < -0.4 is 9.64 Å². The Hall–Kier alpha value is -2.99. The maximum Gasteiger partial charge on any atom is 0.276 e. The second kappa shape index (κ2) is 7.72. The molecule has 0 radical (unpaired) electrons. The number of ether oxygens (including phenoxy) is 1. The summed E-state index contributed by atoms with van der Waals surface area (Å²) in [6, 6.07) is 12.9. The summed E-state index contributed by atoms with van der Waals surface area (Å²) in [6.07, 6.45) is 0. The lowest BCUT2D eigenvalue weighted by molar-refractivity contribution is 0.0988. The van der Waals surface area contributed by atoms with Crippen molar-refractivity contribution in [1.82, 2.24) is 9.97 Å². The minimum Gasteiger partial charge on any atom is -0.494 e. The van der Waals surface area contributed by atoms with Crippen molar-refractivity contribution in [3.63, 3.8) is 0 Å². The molecule has 0 atom stereocenters. The van der Waals surface area contributed by atoms with E-state index in [1.54, 1.807) is 50.4 Å². The molecule has 0 saturated heterocycles. The highest BCUT2D eigenvalue weighted by atomic mass is 35.5. The number of halogens is 2. The molecule has 0 unspecified atom stereocenters. The molecule has 1 amide bonds. The summed E-state index contributed by atoms with van der Waals surface area (Å²) in [7, 11) is 2.94. The molecule has 0 aliphatic heterocycles. The minimum atomic E-state index is -0.546. The van der Waals surface area contributed by atoms with Gasteiger partial charge in [-0.2, -0.15) is 0 Å². The number of carbonyl (C=O) groups is 1. The molecule has 27 heavy (non-hydrogen) atoms. The maximum absolute atomic E-state index is 14.0. The molecule has 1 heterocycles. The Balaban J connectivity index is 1.94. The fourth-order valence-electron chi connectivity index (χ4n) is 2.56. The smallest absolute Gasteiger partial charge is 0.276 e. The molecule has 0 N–H and O–H groups in total. The van der Waals surface area contributed by atoms with Gasteiger partial charge in [0.05, 0.1) is 7.11 Å². The molecule has 0 spiro atoms. The van der Waals surface area contributed by atoms with Crippen LogP contribution in [0.1, 0.15) is 16.2 Å². The van der Waals surface area contributed by atoms with E-state index in [0.717, 1.165) is 5.56 Å². The van der Waals surface area contributed by atoms with Gasteiger partial charge in [-0.05, 0) is 49.4 Å². The molecule has 7 heteroatoms. The quantitative estimate of drug-likeness (QED) is 0.662. The van der Waals surface area contributed by atoms with Gasteiger partial charge in [-0.1, -0.05) is 11.6 Å². The summed E-state index contributed by atoms with van der Waals surface area (Å²) < 4.78 is 18.9. The molecule has 0 aliphatic rings. The normalized spacial score (nSPS) is 10.6. The fraction of sp³-hybridized carbons (Fsp3) is 0.150. The highest BCUT2D eigenvalue weighted by Crippen LogP contribution is 2.24. The van der Waals surface area contributed by atoms with Crippen LogP contribution in [-0.4, -0.2) is 30.0 Å². The summed E-state index contributed by atoms with van der Waals surface area (Å²) in [5.41, 5.74) is 2.00. The first-order chi connectivity index (χ1) is 12.9. The Morgan fingerprint density at radius 2 is 1.81 bits per heavy atom. The third kappa shape index (κ3) is 4.06. The monoisotopic (exact) mass is 385 g/mol. The Bertz CT molecular complexity index is 993. The molecule has 3 aromatic rings. The van der Waals surface area contributed by atoms with Crippen LogP contribution in [-0.2, 0) is 0 Å². The third-order valence-corrected chi connectivity index (χ3v) is 4.26. The number of benzene rings is 2. The lowest BCUT2D eigenvalue weighted by atomic mass is 10.2. The van der Waals surface area contributed by atoms with Crippen molar-refractivity contribution >= 4 is 23.2 Å². The molecule has 2 aromatic carbocycles. The van der Waals surface area contributed by atoms with E-state index in [4.69, 9.17) is 16.3 Å². The number of rotatable bonds is 4. The number of methoxy groups -OCH3 is 1. The number of carbonyl (C=O) groups excluding carboxylic acids is 1. The van der Waals surface area contributed by atoms with E-state index in [2.05, 4.69) is 9.97 Å².